The summed E-state index contributed by atoms with van der Waals surface area (Å²) in [5.41, 5.74) is 1.24. The zero-order chi connectivity index (χ0) is 16.1. The van der Waals surface area contributed by atoms with Gasteiger partial charge in [0.1, 0.15) is 11.6 Å². The van der Waals surface area contributed by atoms with Crippen LogP contribution in [0.5, 0.6) is 5.75 Å². The molecule has 0 amide bonds. The Hall–Kier alpha value is -1.49. The van der Waals surface area contributed by atoms with Crippen molar-refractivity contribution < 1.29 is 4.74 Å². The van der Waals surface area contributed by atoms with Gasteiger partial charge in [-0.25, -0.2) is 0 Å². The zero-order valence-corrected chi connectivity index (χ0v) is 14.8. The van der Waals surface area contributed by atoms with Crippen LogP contribution >= 0.6 is 11.8 Å². The molecule has 23 heavy (non-hydrogen) atoms. The Kier molecular flexibility index (Phi) is 5.60. The first-order valence-electron chi connectivity index (χ1n) is 8.40. The maximum atomic E-state index is 5.28. The third kappa shape index (κ3) is 4.28. The summed E-state index contributed by atoms with van der Waals surface area (Å²) in [6.07, 6.45) is 7.92. The van der Waals surface area contributed by atoms with Crippen molar-refractivity contribution in [2.45, 2.75) is 49.4 Å². The summed E-state index contributed by atoms with van der Waals surface area (Å²) in [4.78, 5) is 0. The molecule has 0 N–H and O–H groups in total. The first-order chi connectivity index (χ1) is 11.3. The van der Waals surface area contributed by atoms with Gasteiger partial charge in [0.2, 0.25) is 0 Å². The number of aromatic nitrogens is 3. The molecule has 0 spiro atoms. The van der Waals surface area contributed by atoms with E-state index in [2.05, 4.69) is 33.9 Å². The number of methoxy groups -OCH3 is 1. The summed E-state index contributed by atoms with van der Waals surface area (Å²) < 4.78 is 7.44. The second-order valence-electron chi connectivity index (χ2n) is 6.31. The van der Waals surface area contributed by atoms with E-state index < -0.39 is 0 Å². The SMILES string of the molecule is COc1cccc(CSc2nnc(CC3CCCCC3)n2C)c1. The zero-order valence-electron chi connectivity index (χ0n) is 14.0. The quantitative estimate of drug-likeness (QED) is 0.742. The molecule has 1 aliphatic carbocycles. The van der Waals surface area contributed by atoms with E-state index in [1.165, 1.54) is 37.7 Å². The van der Waals surface area contributed by atoms with E-state index in [1.807, 2.05) is 12.1 Å². The predicted octanol–water partition coefficient (Wildman–Crippen LogP) is 4.24. The van der Waals surface area contributed by atoms with Crippen LogP contribution in [0.15, 0.2) is 29.4 Å². The molecule has 3 rings (SSSR count). The Labute approximate surface area is 142 Å². The lowest BCUT2D eigenvalue weighted by atomic mass is 9.87. The highest BCUT2D eigenvalue weighted by molar-refractivity contribution is 7.98. The number of hydrogen-bond donors (Lipinski definition) is 0. The van der Waals surface area contributed by atoms with Crippen molar-refractivity contribution in [3.8, 4) is 5.75 Å². The standard InChI is InChI=1S/C18H25N3OS/c1-21-17(12-14-7-4-3-5-8-14)19-20-18(21)23-13-15-9-6-10-16(11-15)22-2/h6,9-11,14H,3-5,7-8,12-13H2,1-2H3. The van der Waals surface area contributed by atoms with Gasteiger partial charge in [0.25, 0.3) is 0 Å². The lowest BCUT2D eigenvalue weighted by Crippen LogP contribution is -2.12. The molecule has 0 saturated heterocycles. The lowest BCUT2D eigenvalue weighted by Gasteiger charge is -2.20. The second kappa shape index (κ2) is 7.86. The predicted molar refractivity (Wildman–Crippen MR) is 93.8 cm³/mol. The molecule has 2 aromatic rings. The molecule has 0 unspecified atom stereocenters. The first-order valence-corrected chi connectivity index (χ1v) is 9.39. The molecule has 1 saturated carbocycles. The molecule has 0 bridgehead atoms. The summed E-state index contributed by atoms with van der Waals surface area (Å²) in [6, 6.07) is 8.19. The second-order valence-corrected chi connectivity index (χ2v) is 7.25. The molecule has 5 heteroatoms. The van der Waals surface area contributed by atoms with E-state index in [-0.39, 0.29) is 0 Å². The smallest absolute Gasteiger partial charge is 0.191 e. The molecule has 124 valence electrons. The molecule has 1 heterocycles. The number of thioether (sulfide) groups is 1. The largest absolute Gasteiger partial charge is 0.497 e. The minimum absolute atomic E-state index is 0.794. The van der Waals surface area contributed by atoms with Gasteiger partial charge in [0, 0.05) is 19.2 Å². The first kappa shape index (κ1) is 16.4. The normalized spacial score (nSPS) is 15.7. The molecule has 1 aliphatic rings. The lowest BCUT2D eigenvalue weighted by molar-refractivity contribution is 0.348. The summed E-state index contributed by atoms with van der Waals surface area (Å²) in [5.74, 6) is 3.71. The van der Waals surface area contributed by atoms with Crippen molar-refractivity contribution in [3.05, 3.63) is 35.7 Å². The molecule has 1 fully saturated rings. The van der Waals surface area contributed by atoms with Crippen molar-refractivity contribution in [1.29, 1.82) is 0 Å². The molecular weight excluding hydrogens is 306 g/mol. The third-order valence-corrected chi connectivity index (χ3v) is 5.71. The maximum absolute atomic E-state index is 5.28. The van der Waals surface area contributed by atoms with E-state index in [1.54, 1.807) is 18.9 Å². The molecule has 0 radical (unpaired) electrons. The van der Waals surface area contributed by atoms with Gasteiger partial charge in [-0.1, -0.05) is 56.0 Å². The highest BCUT2D eigenvalue weighted by atomic mass is 32.2. The van der Waals surface area contributed by atoms with E-state index in [0.29, 0.717) is 0 Å². The van der Waals surface area contributed by atoms with Crippen LogP contribution in [0.2, 0.25) is 0 Å². The van der Waals surface area contributed by atoms with Crippen molar-refractivity contribution in [2.75, 3.05) is 7.11 Å². The summed E-state index contributed by atoms with van der Waals surface area (Å²) in [6.45, 7) is 0. The van der Waals surface area contributed by atoms with E-state index in [9.17, 15) is 0 Å². The van der Waals surface area contributed by atoms with E-state index in [0.717, 1.165) is 34.8 Å². The van der Waals surface area contributed by atoms with E-state index in [4.69, 9.17) is 4.74 Å². The highest BCUT2D eigenvalue weighted by Gasteiger charge is 2.18. The molecule has 1 aromatic carbocycles. The van der Waals surface area contributed by atoms with Crippen LogP contribution in [0.1, 0.15) is 43.5 Å². The van der Waals surface area contributed by atoms with Gasteiger partial charge < -0.3 is 9.30 Å². The topological polar surface area (TPSA) is 39.9 Å². The molecular formula is C18H25N3OS. The molecule has 1 aromatic heterocycles. The fourth-order valence-electron chi connectivity index (χ4n) is 3.21. The van der Waals surface area contributed by atoms with Gasteiger partial charge in [0.05, 0.1) is 7.11 Å². The number of rotatable bonds is 6. The monoisotopic (exact) mass is 331 g/mol. The van der Waals surface area contributed by atoms with Gasteiger partial charge in [0.15, 0.2) is 5.16 Å². The van der Waals surface area contributed by atoms with Crippen molar-refractivity contribution >= 4 is 11.8 Å². The molecule has 0 aliphatic heterocycles. The minimum Gasteiger partial charge on any atom is -0.497 e. The van der Waals surface area contributed by atoms with Crippen LogP contribution in [0, 0.1) is 5.92 Å². The van der Waals surface area contributed by atoms with E-state index >= 15 is 0 Å². The number of nitrogens with zero attached hydrogens (tertiary/aromatic N) is 3. The van der Waals surface area contributed by atoms with Crippen LogP contribution in [0.25, 0.3) is 0 Å². The summed E-state index contributed by atoms with van der Waals surface area (Å²) in [5, 5.41) is 9.81. The van der Waals surface area contributed by atoms with Gasteiger partial charge >= 0.3 is 0 Å². The van der Waals surface area contributed by atoms with Crippen LogP contribution in [-0.2, 0) is 19.2 Å². The average molecular weight is 331 g/mol. The van der Waals surface area contributed by atoms with Gasteiger partial charge in [-0.05, 0) is 23.6 Å². The van der Waals surface area contributed by atoms with Crippen molar-refractivity contribution in [2.24, 2.45) is 13.0 Å². The summed E-state index contributed by atoms with van der Waals surface area (Å²) in [7, 11) is 3.79. The Morgan fingerprint density at radius 3 is 2.83 bits per heavy atom. The Balaban J connectivity index is 1.60. The minimum atomic E-state index is 0.794. The van der Waals surface area contributed by atoms with Crippen LogP contribution in [-0.4, -0.2) is 21.9 Å². The molecule has 4 nitrogen and oxygen atoms in total. The summed E-state index contributed by atoms with van der Waals surface area (Å²) >= 11 is 1.74. The Morgan fingerprint density at radius 2 is 2.04 bits per heavy atom. The average Bonchev–Trinajstić information content (AvgIpc) is 2.94. The Bertz CT molecular complexity index is 635. The van der Waals surface area contributed by atoms with Crippen molar-refractivity contribution in [1.82, 2.24) is 14.8 Å². The number of hydrogen-bond acceptors (Lipinski definition) is 4. The highest BCUT2D eigenvalue weighted by Crippen LogP contribution is 2.28. The van der Waals surface area contributed by atoms with Gasteiger partial charge in [-0.15, -0.1) is 10.2 Å². The number of ether oxygens (including phenoxy) is 1. The third-order valence-electron chi connectivity index (χ3n) is 4.62. The van der Waals surface area contributed by atoms with Crippen molar-refractivity contribution in [3.63, 3.8) is 0 Å². The van der Waals surface area contributed by atoms with Crippen LogP contribution in [0.3, 0.4) is 0 Å². The Morgan fingerprint density at radius 1 is 1.22 bits per heavy atom. The molecule has 0 atom stereocenters. The van der Waals surface area contributed by atoms with Crippen LogP contribution < -0.4 is 4.74 Å². The fraction of sp³-hybridized carbons (Fsp3) is 0.556. The fourth-order valence-corrected chi connectivity index (χ4v) is 4.08. The number of benzene rings is 1. The van der Waals surface area contributed by atoms with Gasteiger partial charge in [-0.2, -0.15) is 0 Å². The van der Waals surface area contributed by atoms with Gasteiger partial charge in [-0.3, -0.25) is 0 Å². The maximum Gasteiger partial charge on any atom is 0.191 e. The van der Waals surface area contributed by atoms with Crippen LogP contribution in [0.4, 0.5) is 0 Å².